The Morgan fingerprint density at radius 1 is 0.895 bits per heavy atom. The normalized spacial score (nSPS) is 16.8. The molecule has 1 aliphatic heterocycles. The second-order valence-corrected chi connectivity index (χ2v) is 6.00. The SMILES string of the molecule is C#N.CCCCCCCCCCN1CCC(C)CC1. The summed E-state index contributed by atoms with van der Waals surface area (Å²) in [6.45, 7) is 12.3. The van der Waals surface area contributed by atoms with E-state index in [1.807, 2.05) is 0 Å². The first-order valence-electron chi connectivity index (χ1n) is 8.31. The average Bonchev–Trinajstić information content (AvgIpc) is 2.46. The van der Waals surface area contributed by atoms with Crippen LogP contribution in [0.4, 0.5) is 0 Å². The largest absolute Gasteiger partial charge is 0.303 e. The Kier molecular flexibility index (Phi) is 13.5. The number of nitrogens with zero attached hydrogens (tertiary/aromatic N) is 2. The minimum Gasteiger partial charge on any atom is -0.303 e. The summed E-state index contributed by atoms with van der Waals surface area (Å²) in [6, 6.07) is 0. The van der Waals surface area contributed by atoms with Crippen LogP contribution in [0.1, 0.15) is 78.1 Å². The van der Waals surface area contributed by atoms with Crippen molar-refractivity contribution in [1.29, 1.82) is 5.26 Å². The molecule has 0 amide bonds. The first-order valence-corrected chi connectivity index (χ1v) is 8.31. The second kappa shape index (κ2) is 13.9. The molecule has 2 nitrogen and oxygen atoms in total. The van der Waals surface area contributed by atoms with Gasteiger partial charge in [-0.2, -0.15) is 0 Å². The van der Waals surface area contributed by atoms with Crippen LogP contribution in [0.5, 0.6) is 0 Å². The van der Waals surface area contributed by atoms with Crippen LogP contribution in [-0.2, 0) is 0 Å². The number of nitriles is 1. The standard InChI is InChI=1S/C16H33N.CHN/c1-3-4-5-6-7-8-9-10-13-17-14-11-16(2)12-15-17;1-2/h16H,3-15H2,1-2H3;1H. The van der Waals surface area contributed by atoms with Gasteiger partial charge >= 0.3 is 0 Å². The zero-order valence-corrected chi connectivity index (χ0v) is 13.2. The molecule has 1 rings (SSSR count). The number of unbranched alkanes of at least 4 members (excludes halogenated alkanes) is 7. The highest BCUT2D eigenvalue weighted by atomic mass is 15.1. The second-order valence-electron chi connectivity index (χ2n) is 6.00. The lowest BCUT2D eigenvalue weighted by Gasteiger charge is -2.30. The van der Waals surface area contributed by atoms with E-state index in [0.29, 0.717) is 0 Å². The highest BCUT2D eigenvalue weighted by Gasteiger charge is 2.14. The molecular formula is C17H34N2. The monoisotopic (exact) mass is 266 g/mol. The summed E-state index contributed by atoms with van der Waals surface area (Å²) in [6.07, 6.45) is 14.4. The van der Waals surface area contributed by atoms with Gasteiger partial charge in [0.25, 0.3) is 0 Å². The smallest absolute Gasteiger partial charge is 0.0462 e. The van der Waals surface area contributed by atoms with Crippen molar-refractivity contribution in [2.24, 2.45) is 5.92 Å². The Morgan fingerprint density at radius 3 is 1.89 bits per heavy atom. The molecular weight excluding hydrogens is 232 g/mol. The summed E-state index contributed by atoms with van der Waals surface area (Å²) < 4.78 is 0. The van der Waals surface area contributed by atoms with Crippen molar-refractivity contribution < 1.29 is 0 Å². The van der Waals surface area contributed by atoms with E-state index in [2.05, 4.69) is 25.3 Å². The zero-order chi connectivity index (χ0) is 14.3. The number of piperidine rings is 1. The molecule has 0 N–H and O–H groups in total. The van der Waals surface area contributed by atoms with Gasteiger partial charge in [-0.15, -0.1) is 0 Å². The summed E-state index contributed by atoms with van der Waals surface area (Å²) in [5, 5.41) is 6.50. The van der Waals surface area contributed by atoms with E-state index in [-0.39, 0.29) is 0 Å². The average molecular weight is 266 g/mol. The highest BCUT2D eigenvalue weighted by Crippen LogP contribution is 2.16. The summed E-state index contributed by atoms with van der Waals surface area (Å²) in [7, 11) is 0. The van der Waals surface area contributed by atoms with Gasteiger partial charge in [0.15, 0.2) is 0 Å². The van der Waals surface area contributed by atoms with Crippen molar-refractivity contribution in [3.63, 3.8) is 0 Å². The first kappa shape index (κ1) is 18.4. The fourth-order valence-electron chi connectivity index (χ4n) is 2.75. The van der Waals surface area contributed by atoms with Gasteiger partial charge in [0.1, 0.15) is 0 Å². The maximum absolute atomic E-state index is 6.50. The molecule has 0 spiro atoms. The van der Waals surface area contributed by atoms with Gasteiger partial charge in [0.05, 0.1) is 0 Å². The molecule has 1 heterocycles. The minimum absolute atomic E-state index is 0.977. The molecule has 1 saturated heterocycles. The van der Waals surface area contributed by atoms with Gasteiger partial charge < -0.3 is 4.90 Å². The van der Waals surface area contributed by atoms with Crippen molar-refractivity contribution in [2.45, 2.75) is 78.1 Å². The molecule has 0 unspecified atom stereocenters. The topological polar surface area (TPSA) is 27.0 Å². The molecule has 2 heteroatoms. The van der Waals surface area contributed by atoms with Gasteiger partial charge in [-0.05, 0) is 44.8 Å². The molecule has 0 aliphatic carbocycles. The zero-order valence-electron chi connectivity index (χ0n) is 13.2. The van der Waals surface area contributed by atoms with Crippen LogP contribution in [-0.4, -0.2) is 24.5 Å². The minimum atomic E-state index is 0.977. The molecule has 1 aliphatic rings. The Balaban J connectivity index is 0.00000154. The van der Waals surface area contributed by atoms with Gasteiger partial charge in [-0.3, -0.25) is 0 Å². The number of likely N-dealkylation sites (tertiary alicyclic amines) is 1. The number of hydrogen-bond acceptors (Lipinski definition) is 2. The lowest BCUT2D eigenvalue weighted by Crippen LogP contribution is -2.33. The van der Waals surface area contributed by atoms with Crippen molar-refractivity contribution in [3.8, 4) is 6.57 Å². The molecule has 0 aromatic heterocycles. The maximum Gasteiger partial charge on any atom is 0.0462 e. The summed E-state index contributed by atoms with van der Waals surface area (Å²) in [4.78, 5) is 2.68. The molecule has 0 saturated carbocycles. The molecule has 0 aromatic rings. The third-order valence-corrected chi connectivity index (χ3v) is 4.20. The van der Waals surface area contributed by atoms with Crippen LogP contribution in [0, 0.1) is 17.8 Å². The van der Waals surface area contributed by atoms with Crippen molar-refractivity contribution in [2.75, 3.05) is 19.6 Å². The van der Waals surface area contributed by atoms with Crippen LogP contribution in [0.25, 0.3) is 0 Å². The van der Waals surface area contributed by atoms with E-state index in [4.69, 9.17) is 5.26 Å². The molecule has 0 atom stereocenters. The Morgan fingerprint density at radius 2 is 1.37 bits per heavy atom. The van der Waals surface area contributed by atoms with E-state index >= 15 is 0 Å². The predicted molar refractivity (Wildman–Crippen MR) is 84.1 cm³/mol. The van der Waals surface area contributed by atoms with Crippen molar-refractivity contribution >= 4 is 0 Å². The molecule has 1 fully saturated rings. The van der Waals surface area contributed by atoms with Crippen LogP contribution in [0.2, 0.25) is 0 Å². The van der Waals surface area contributed by atoms with Gasteiger partial charge in [0.2, 0.25) is 0 Å². The van der Waals surface area contributed by atoms with Crippen molar-refractivity contribution in [3.05, 3.63) is 0 Å². The third-order valence-electron chi connectivity index (χ3n) is 4.20. The molecule has 0 aromatic carbocycles. The van der Waals surface area contributed by atoms with Gasteiger partial charge in [-0.25, -0.2) is 5.26 Å². The number of hydrogen-bond donors (Lipinski definition) is 0. The fraction of sp³-hybridized carbons (Fsp3) is 0.941. The van der Waals surface area contributed by atoms with Crippen LogP contribution in [0.15, 0.2) is 0 Å². The fourth-order valence-corrected chi connectivity index (χ4v) is 2.75. The molecule has 19 heavy (non-hydrogen) atoms. The van der Waals surface area contributed by atoms with Crippen LogP contribution < -0.4 is 0 Å². The highest BCUT2D eigenvalue weighted by molar-refractivity contribution is 4.69. The van der Waals surface area contributed by atoms with E-state index in [0.717, 1.165) is 5.92 Å². The summed E-state index contributed by atoms with van der Waals surface area (Å²) in [5.74, 6) is 0.977. The third kappa shape index (κ3) is 11.0. The Bertz CT molecular complexity index is 193. The van der Waals surface area contributed by atoms with Crippen molar-refractivity contribution in [1.82, 2.24) is 4.90 Å². The predicted octanol–water partition coefficient (Wildman–Crippen LogP) is 5.00. The molecule has 112 valence electrons. The lowest BCUT2D eigenvalue weighted by molar-refractivity contribution is 0.189. The maximum atomic E-state index is 6.50. The van der Waals surface area contributed by atoms with Crippen LogP contribution >= 0.6 is 0 Å². The first-order chi connectivity index (χ1) is 9.33. The van der Waals surface area contributed by atoms with Gasteiger partial charge in [0, 0.05) is 6.57 Å². The Labute approximate surface area is 121 Å². The van der Waals surface area contributed by atoms with E-state index in [1.54, 1.807) is 0 Å². The molecule has 0 bridgehead atoms. The van der Waals surface area contributed by atoms with E-state index in [1.165, 1.54) is 83.8 Å². The van der Waals surface area contributed by atoms with Crippen LogP contribution in [0.3, 0.4) is 0 Å². The quantitative estimate of drug-likeness (QED) is 0.549. The Hall–Kier alpha value is -0.550. The van der Waals surface area contributed by atoms with E-state index < -0.39 is 0 Å². The number of rotatable bonds is 9. The lowest BCUT2D eigenvalue weighted by atomic mass is 9.99. The molecule has 0 radical (unpaired) electrons. The van der Waals surface area contributed by atoms with Gasteiger partial charge in [-0.1, -0.05) is 58.8 Å². The summed E-state index contributed by atoms with van der Waals surface area (Å²) >= 11 is 0. The summed E-state index contributed by atoms with van der Waals surface area (Å²) in [5.41, 5.74) is 0. The van der Waals surface area contributed by atoms with E-state index in [9.17, 15) is 0 Å².